The summed E-state index contributed by atoms with van der Waals surface area (Å²) in [5, 5.41) is 10.7. The van der Waals surface area contributed by atoms with Gasteiger partial charge in [-0.05, 0) is 70.8 Å². The third-order valence-electron chi connectivity index (χ3n) is 4.53. The van der Waals surface area contributed by atoms with Gasteiger partial charge in [-0.15, -0.1) is 0 Å². The molecule has 2 aromatic heterocycles. The number of phenols is 1. The molecule has 0 aliphatic rings. The van der Waals surface area contributed by atoms with Gasteiger partial charge in [-0.2, -0.15) is 0 Å². The number of ether oxygens (including phenoxy) is 1. The van der Waals surface area contributed by atoms with E-state index < -0.39 is 0 Å². The van der Waals surface area contributed by atoms with Gasteiger partial charge < -0.3 is 9.84 Å². The Kier molecular flexibility index (Phi) is 8.62. The Morgan fingerprint density at radius 2 is 1.13 bits per heavy atom. The van der Waals surface area contributed by atoms with Crippen LogP contribution < -0.4 is 4.74 Å². The Morgan fingerprint density at radius 1 is 0.677 bits per heavy atom. The number of phenolic OH excluding ortho intramolecular Hbond substituents is 1. The van der Waals surface area contributed by atoms with E-state index in [4.69, 9.17) is 4.74 Å². The first kappa shape index (κ1) is 23.0. The molecule has 0 saturated carbocycles. The fourth-order valence-corrected chi connectivity index (χ4v) is 3.51. The monoisotopic (exact) mass is 540 g/mol. The summed E-state index contributed by atoms with van der Waals surface area (Å²) in [6.07, 6.45) is 3.62. The highest BCUT2D eigenvalue weighted by Crippen LogP contribution is 2.23. The number of methoxy groups -OCH3 is 1. The predicted octanol–water partition coefficient (Wildman–Crippen LogP) is 7.00. The van der Waals surface area contributed by atoms with E-state index in [2.05, 4.69) is 47.9 Å². The fraction of sp³-hybridized carbons (Fsp3) is 0.120. The molecule has 0 saturated heterocycles. The molecule has 0 unspecified atom stereocenters. The van der Waals surface area contributed by atoms with Crippen molar-refractivity contribution in [3.8, 4) is 33.8 Å². The fourth-order valence-electron chi connectivity index (χ4n) is 2.90. The Bertz CT molecular complexity index is 1100. The predicted molar refractivity (Wildman–Crippen MR) is 133 cm³/mol. The van der Waals surface area contributed by atoms with Crippen molar-refractivity contribution in [2.45, 2.75) is 10.7 Å². The number of hydrogen-bond donors (Lipinski definition) is 1. The SMILES string of the molecule is COc1ccc(-c2ccnc(CBr)c2)cc1.Oc1ccc(-c2ccnc(CBr)c2)cc1. The summed E-state index contributed by atoms with van der Waals surface area (Å²) >= 11 is 6.78. The second-order valence-corrected chi connectivity index (χ2v) is 7.74. The number of aromatic nitrogens is 2. The van der Waals surface area contributed by atoms with E-state index in [-0.39, 0.29) is 5.75 Å². The topological polar surface area (TPSA) is 55.2 Å². The van der Waals surface area contributed by atoms with Crippen molar-refractivity contribution in [3.05, 3.63) is 96.6 Å². The molecule has 4 rings (SSSR count). The van der Waals surface area contributed by atoms with Crippen LogP contribution in [0.3, 0.4) is 0 Å². The summed E-state index contributed by atoms with van der Waals surface area (Å²) in [6, 6.07) is 23.2. The summed E-state index contributed by atoms with van der Waals surface area (Å²) < 4.78 is 5.13. The van der Waals surface area contributed by atoms with Gasteiger partial charge >= 0.3 is 0 Å². The first-order valence-corrected chi connectivity index (χ1v) is 11.8. The molecule has 0 bridgehead atoms. The Hall–Kier alpha value is -2.70. The third-order valence-corrected chi connectivity index (χ3v) is 5.68. The zero-order valence-electron chi connectivity index (χ0n) is 17.0. The molecule has 4 aromatic rings. The number of aromatic hydroxyl groups is 1. The van der Waals surface area contributed by atoms with Crippen LogP contribution in [0.25, 0.3) is 22.3 Å². The molecule has 31 heavy (non-hydrogen) atoms. The quantitative estimate of drug-likeness (QED) is 0.276. The molecular formula is C25H22Br2N2O2. The smallest absolute Gasteiger partial charge is 0.118 e. The minimum Gasteiger partial charge on any atom is -0.508 e. The van der Waals surface area contributed by atoms with E-state index in [0.717, 1.165) is 38.9 Å². The lowest BCUT2D eigenvalue weighted by atomic mass is 10.1. The number of halogens is 2. The minimum absolute atomic E-state index is 0.286. The summed E-state index contributed by atoms with van der Waals surface area (Å²) in [4.78, 5) is 8.45. The highest BCUT2D eigenvalue weighted by Gasteiger charge is 2.01. The molecule has 0 atom stereocenters. The normalized spacial score (nSPS) is 10.2. The number of hydrogen-bond acceptors (Lipinski definition) is 4. The molecule has 2 aromatic carbocycles. The van der Waals surface area contributed by atoms with Gasteiger partial charge in [0.05, 0.1) is 18.5 Å². The van der Waals surface area contributed by atoms with Gasteiger partial charge in [0.1, 0.15) is 11.5 Å². The van der Waals surface area contributed by atoms with Gasteiger partial charge in [0, 0.05) is 23.1 Å². The summed E-state index contributed by atoms with van der Waals surface area (Å²) in [5.41, 5.74) is 6.57. The first-order chi connectivity index (χ1) is 15.1. The lowest BCUT2D eigenvalue weighted by molar-refractivity contribution is 0.415. The zero-order valence-corrected chi connectivity index (χ0v) is 20.2. The molecule has 1 N–H and O–H groups in total. The molecule has 6 heteroatoms. The number of pyridine rings is 2. The van der Waals surface area contributed by atoms with Crippen molar-refractivity contribution in [2.75, 3.05) is 7.11 Å². The van der Waals surface area contributed by atoms with Crippen molar-refractivity contribution in [3.63, 3.8) is 0 Å². The standard InChI is InChI=1S/C13H12BrNO.C12H10BrNO/c1-16-13-4-2-10(3-5-13)11-6-7-15-12(8-11)9-14;13-8-11-7-10(5-6-14-11)9-1-3-12(15)4-2-9/h2-8H,9H2,1H3;1-7,15H,8H2. The van der Waals surface area contributed by atoms with E-state index >= 15 is 0 Å². The Morgan fingerprint density at radius 3 is 1.55 bits per heavy atom. The lowest BCUT2D eigenvalue weighted by Crippen LogP contribution is -1.86. The van der Waals surface area contributed by atoms with Gasteiger partial charge in [-0.25, -0.2) is 0 Å². The summed E-state index contributed by atoms with van der Waals surface area (Å²) in [6.45, 7) is 0. The average molecular weight is 542 g/mol. The molecule has 0 radical (unpaired) electrons. The van der Waals surface area contributed by atoms with Crippen LogP contribution in [0.15, 0.2) is 85.2 Å². The molecule has 0 fully saturated rings. The maximum Gasteiger partial charge on any atom is 0.118 e. The van der Waals surface area contributed by atoms with Crippen LogP contribution in [-0.2, 0) is 10.7 Å². The molecule has 158 valence electrons. The molecule has 0 amide bonds. The van der Waals surface area contributed by atoms with Crippen LogP contribution in [0.2, 0.25) is 0 Å². The maximum atomic E-state index is 9.18. The highest BCUT2D eigenvalue weighted by molar-refractivity contribution is 9.08. The van der Waals surface area contributed by atoms with Gasteiger partial charge in [0.25, 0.3) is 0 Å². The number of rotatable bonds is 5. The van der Waals surface area contributed by atoms with Gasteiger partial charge in [-0.3, -0.25) is 9.97 Å². The Balaban J connectivity index is 0.000000176. The van der Waals surface area contributed by atoms with Crippen molar-refractivity contribution in [2.24, 2.45) is 0 Å². The van der Waals surface area contributed by atoms with Crippen LogP contribution >= 0.6 is 31.9 Å². The second-order valence-electron chi connectivity index (χ2n) is 6.61. The van der Waals surface area contributed by atoms with Crippen LogP contribution in [0, 0.1) is 0 Å². The first-order valence-electron chi connectivity index (χ1n) is 9.58. The van der Waals surface area contributed by atoms with Gasteiger partial charge in [-0.1, -0.05) is 56.1 Å². The molecule has 0 aliphatic heterocycles. The number of nitrogens with zero attached hydrogens (tertiary/aromatic N) is 2. The molecule has 0 spiro atoms. The zero-order chi connectivity index (χ0) is 22.1. The van der Waals surface area contributed by atoms with Crippen LogP contribution in [0.4, 0.5) is 0 Å². The van der Waals surface area contributed by atoms with Crippen molar-refractivity contribution < 1.29 is 9.84 Å². The minimum atomic E-state index is 0.286. The van der Waals surface area contributed by atoms with Crippen LogP contribution in [0.5, 0.6) is 11.5 Å². The maximum absolute atomic E-state index is 9.18. The summed E-state index contributed by atoms with van der Waals surface area (Å²) in [7, 11) is 1.67. The van der Waals surface area contributed by atoms with Crippen LogP contribution in [0.1, 0.15) is 11.4 Å². The van der Waals surface area contributed by atoms with E-state index in [1.165, 1.54) is 11.1 Å². The lowest BCUT2D eigenvalue weighted by Gasteiger charge is -2.04. The third kappa shape index (κ3) is 6.64. The van der Waals surface area contributed by atoms with E-state index in [1.54, 1.807) is 25.4 Å². The van der Waals surface area contributed by atoms with E-state index in [1.807, 2.05) is 60.8 Å². The van der Waals surface area contributed by atoms with E-state index in [0.29, 0.717) is 0 Å². The summed E-state index contributed by atoms with van der Waals surface area (Å²) in [5.74, 6) is 1.16. The largest absolute Gasteiger partial charge is 0.508 e. The van der Waals surface area contributed by atoms with Gasteiger partial charge in [0.15, 0.2) is 0 Å². The number of benzene rings is 2. The van der Waals surface area contributed by atoms with Gasteiger partial charge in [0.2, 0.25) is 0 Å². The van der Waals surface area contributed by atoms with Crippen LogP contribution in [-0.4, -0.2) is 22.2 Å². The Labute approximate surface area is 199 Å². The van der Waals surface area contributed by atoms with Crippen molar-refractivity contribution >= 4 is 31.9 Å². The molecule has 0 aliphatic carbocycles. The van der Waals surface area contributed by atoms with Crippen molar-refractivity contribution in [1.29, 1.82) is 0 Å². The highest BCUT2D eigenvalue weighted by atomic mass is 79.9. The average Bonchev–Trinajstić information content (AvgIpc) is 2.85. The van der Waals surface area contributed by atoms with Crippen molar-refractivity contribution in [1.82, 2.24) is 9.97 Å². The second kappa shape index (κ2) is 11.6. The molecule has 4 nitrogen and oxygen atoms in total. The van der Waals surface area contributed by atoms with E-state index in [9.17, 15) is 5.11 Å². The molecular weight excluding hydrogens is 520 g/mol. The molecule has 2 heterocycles. The number of alkyl halides is 2.